The van der Waals surface area contributed by atoms with Crippen molar-refractivity contribution in [2.45, 2.75) is 20.8 Å². The van der Waals surface area contributed by atoms with Gasteiger partial charge >= 0.3 is 0 Å². The molecule has 0 radical (unpaired) electrons. The number of nitrogens with one attached hydrogen (secondary N) is 1. The minimum absolute atomic E-state index is 0. The molecule has 1 aliphatic heterocycles. The van der Waals surface area contributed by atoms with Gasteiger partial charge in [-0.05, 0) is 32.1 Å². The number of carbonyl (C=O) groups is 1. The highest BCUT2D eigenvalue weighted by Crippen LogP contribution is 2.18. The number of rotatable bonds is 10. The lowest BCUT2D eigenvalue weighted by atomic mass is 9.88. The second-order valence-electron chi connectivity index (χ2n) is 5.55. The predicted octanol–water partition coefficient (Wildman–Crippen LogP) is 1.50. The largest absolute Gasteiger partial charge is 0.383 e. The molecule has 1 amide bonds. The summed E-state index contributed by atoms with van der Waals surface area (Å²) < 4.78 is 5.14. The Labute approximate surface area is 147 Å². The Morgan fingerprint density at radius 2 is 1.77 bits per heavy atom. The van der Waals surface area contributed by atoms with Crippen LogP contribution in [0.3, 0.4) is 0 Å². The van der Waals surface area contributed by atoms with Crippen LogP contribution in [0.2, 0.25) is 0 Å². The summed E-state index contributed by atoms with van der Waals surface area (Å²) in [5, 5.41) is 3.24. The maximum atomic E-state index is 12.6. The first kappa shape index (κ1) is 24.2. The van der Waals surface area contributed by atoms with E-state index in [0.717, 1.165) is 39.3 Å². The van der Waals surface area contributed by atoms with Crippen LogP contribution in [-0.4, -0.2) is 75.2 Å². The van der Waals surface area contributed by atoms with Crippen LogP contribution in [0.25, 0.3) is 0 Å². The molecule has 5 nitrogen and oxygen atoms in total. The second-order valence-corrected chi connectivity index (χ2v) is 5.55. The van der Waals surface area contributed by atoms with Crippen LogP contribution >= 0.6 is 24.8 Å². The maximum Gasteiger partial charge on any atom is 0.225 e. The molecule has 1 fully saturated rings. The highest BCUT2D eigenvalue weighted by molar-refractivity contribution is 5.85. The molecule has 0 aromatic heterocycles. The lowest BCUT2D eigenvalue weighted by Gasteiger charge is -2.35. The topological polar surface area (TPSA) is 44.8 Å². The first-order chi connectivity index (χ1) is 9.63. The third-order valence-corrected chi connectivity index (χ3v) is 4.37. The molecular formula is C15H33Cl2N3O2. The van der Waals surface area contributed by atoms with Gasteiger partial charge in [-0.15, -0.1) is 24.8 Å². The first-order valence-corrected chi connectivity index (χ1v) is 7.84. The van der Waals surface area contributed by atoms with Crippen molar-refractivity contribution in [3.05, 3.63) is 0 Å². The molecule has 1 N–H and O–H groups in total. The molecule has 1 rings (SSSR count). The standard InChI is InChI=1S/C15H31N3O2.2ClH/c1-5-17(6-2)7-8-18(9-10-20-4)15(19)13(3)14-11-16-12-14;;/h13-14,16H,5-12H2,1-4H3;2*1H. The van der Waals surface area contributed by atoms with Crippen molar-refractivity contribution in [1.29, 1.82) is 0 Å². The van der Waals surface area contributed by atoms with Crippen molar-refractivity contribution >= 4 is 30.7 Å². The first-order valence-electron chi connectivity index (χ1n) is 7.84. The number of carbonyl (C=O) groups excluding carboxylic acids is 1. The fraction of sp³-hybridized carbons (Fsp3) is 0.933. The number of ether oxygens (including phenoxy) is 1. The Balaban J connectivity index is 0. The van der Waals surface area contributed by atoms with Crippen LogP contribution in [0.1, 0.15) is 20.8 Å². The fourth-order valence-electron chi connectivity index (χ4n) is 2.49. The third kappa shape index (κ3) is 7.47. The van der Waals surface area contributed by atoms with Gasteiger partial charge < -0.3 is 19.9 Å². The van der Waals surface area contributed by atoms with Gasteiger partial charge in [0, 0.05) is 32.7 Å². The van der Waals surface area contributed by atoms with Crippen molar-refractivity contribution in [3.63, 3.8) is 0 Å². The molecule has 0 spiro atoms. The van der Waals surface area contributed by atoms with Crippen molar-refractivity contribution in [1.82, 2.24) is 15.1 Å². The molecule has 0 aromatic rings. The lowest BCUT2D eigenvalue weighted by Crippen LogP contribution is -2.51. The normalized spacial score (nSPS) is 15.5. The minimum Gasteiger partial charge on any atom is -0.383 e. The molecule has 1 unspecified atom stereocenters. The monoisotopic (exact) mass is 357 g/mol. The smallest absolute Gasteiger partial charge is 0.225 e. The Kier molecular flexibility index (Phi) is 14.7. The Morgan fingerprint density at radius 3 is 2.18 bits per heavy atom. The van der Waals surface area contributed by atoms with E-state index in [0.29, 0.717) is 19.1 Å². The van der Waals surface area contributed by atoms with E-state index in [-0.39, 0.29) is 36.6 Å². The minimum atomic E-state index is 0. The van der Waals surface area contributed by atoms with E-state index in [4.69, 9.17) is 4.74 Å². The molecule has 0 aromatic carbocycles. The summed E-state index contributed by atoms with van der Waals surface area (Å²) in [6, 6.07) is 0. The zero-order valence-corrected chi connectivity index (χ0v) is 16.0. The van der Waals surface area contributed by atoms with Gasteiger partial charge in [-0.2, -0.15) is 0 Å². The van der Waals surface area contributed by atoms with Crippen molar-refractivity contribution < 1.29 is 9.53 Å². The summed E-state index contributed by atoms with van der Waals surface area (Å²) in [5.41, 5.74) is 0. The van der Waals surface area contributed by atoms with E-state index in [1.807, 2.05) is 4.90 Å². The average Bonchev–Trinajstić information content (AvgIpc) is 2.40. The number of amides is 1. The van der Waals surface area contributed by atoms with E-state index in [1.165, 1.54) is 0 Å². The number of methoxy groups -OCH3 is 1. The molecule has 0 aliphatic carbocycles. The second kappa shape index (κ2) is 13.4. The molecule has 0 bridgehead atoms. The van der Waals surface area contributed by atoms with E-state index in [1.54, 1.807) is 7.11 Å². The Hall–Kier alpha value is -0.0700. The quantitative estimate of drug-likeness (QED) is 0.643. The van der Waals surface area contributed by atoms with Crippen LogP contribution in [0, 0.1) is 11.8 Å². The highest BCUT2D eigenvalue weighted by Gasteiger charge is 2.31. The molecule has 22 heavy (non-hydrogen) atoms. The lowest BCUT2D eigenvalue weighted by molar-refractivity contribution is -0.138. The van der Waals surface area contributed by atoms with Crippen molar-refractivity contribution in [2.75, 3.05) is 59.5 Å². The number of hydrogen-bond acceptors (Lipinski definition) is 4. The molecular weight excluding hydrogens is 325 g/mol. The summed E-state index contributed by atoms with van der Waals surface area (Å²) in [6.07, 6.45) is 0. The van der Waals surface area contributed by atoms with Gasteiger partial charge in [-0.1, -0.05) is 20.8 Å². The van der Waals surface area contributed by atoms with Gasteiger partial charge in [-0.25, -0.2) is 0 Å². The molecule has 1 heterocycles. The zero-order valence-electron chi connectivity index (χ0n) is 14.3. The number of likely N-dealkylation sites (N-methyl/N-ethyl adjacent to an activating group) is 1. The van der Waals surface area contributed by atoms with Crippen LogP contribution in [0.5, 0.6) is 0 Å². The van der Waals surface area contributed by atoms with Gasteiger partial charge in [0.15, 0.2) is 0 Å². The SMILES string of the molecule is CCN(CC)CCN(CCOC)C(=O)C(C)C1CNC1.Cl.Cl. The summed E-state index contributed by atoms with van der Waals surface area (Å²) >= 11 is 0. The fourth-order valence-corrected chi connectivity index (χ4v) is 2.49. The maximum absolute atomic E-state index is 12.6. The Bertz CT molecular complexity index is 288. The number of halogens is 2. The molecule has 134 valence electrons. The van der Waals surface area contributed by atoms with Crippen LogP contribution in [-0.2, 0) is 9.53 Å². The summed E-state index contributed by atoms with van der Waals surface area (Å²) in [5.74, 6) is 0.895. The van der Waals surface area contributed by atoms with Gasteiger partial charge in [0.2, 0.25) is 5.91 Å². The van der Waals surface area contributed by atoms with Crippen LogP contribution in [0.4, 0.5) is 0 Å². The Morgan fingerprint density at radius 1 is 1.18 bits per heavy atom. The number of hydrogen-bond donors (Lipinski definition) is 1. The van der Waals surface area contributed by atoms with E-state index < -0.39 is 0 Å². The highest BCUT2D eigenvalue weighted by atomic mass is 35.5. The van der Waals surface area contributed by atoms with Gasteiger partial charge in [0.1, 0.15) is 0 Å². The van der Waals surface area contributed by atoms with Crippen molar-refractivity contribution in [2.24, 2.45) is 11.8 Å². The molecule has 1 atom stereocenters. The van der Waals surface area contributed by atoms with E-state index in [9.17, 15) is 4.79 Å². The summed E-state index contributed by atoms with van der Waals surface area (Å²) in [6.45, 7) is 13.4. The average molecular weight is 358 g/mol. The molecule has 1 saturated heterocycles. The van der Waals surface area contributed by atoms with E-state index in [2.05, 4.69) is 31.0 Å². The zero-order chi connectivity index (χ0) is 15.0. The molecule has 0 saturated carbocycles. The van der Waals surface area contributed by atoms with E-state index >= 15 is 0 Å². The van der Waals surface area contributed by atoms with Gasteiger partial charge in [0.25, 0.3) is 0 Å². The van der Waals surface area contributed by atoms with Gasteiger partial charge in [0.05, 0.1) is 6.61 Å². The molecule has 7 heteroatoms. The van der Waals surface area contributed by atoms with Crippen molar-refractivity contribution in [3.8, 4) is 0 Å². The number of nitrogens with zero attached hydrogens (tertiary/aromatic N) is 2. The van der Waals surface area contributed by atoms with Crippen LogP contribution in [0.15, 0.2) is 0 Å². The molecule has 1 aliphatic rings. The van der Waals surface area contributed by atoms with Crippen LogP contribution < -0.4 is 5.32 Å². The predicted molar refractivity (Wildman–Crippen MR) is 96.3 cm³/mol. The third-order valence-electron chi connectivity index (χ3n) is 4.37. The van der Waals surface area contributed by atoms with Gasteiger partial charge in [-0.3, -0.25) is 4.79 Å². The summed E-state index contributed by atoms with van der Waals surface area (Å²) in [7, 11) is 1.69. The summed E-state index contributed by atoms with van der Waals surface area (Å²) in [4.78, 5) is 16.9.